The standard InChI is InChI=1S/C8H9I2NO4/c9-1-7-12-3-5(14-7)11-6-4-13-8(2-10)15-6/h1-2,5-6,11H,3-4H2/b7-1-,8-2+. The summed E-state index contributed by atoms with van der Waals surface area (Å²) in [6.07, 6.45) is -0.346. The molecule has 0 saturated carbocycles. The fraction of sp³-hybridized carbons (Fsp3) is 0.500. The van der Waals surface area contributed by atoms with Gasteiger partial charge in [-0.15, -0.1) is 0 Å². The molecule has 2 saturated heterocycles. The molecule has 5 nitrogen and oxygen atoms in total. The summed E-state index contributed by atoms with van der Waals surface area (Å²) >= 11 is 4.14. The highest BCUT2D eigenvalue weighted by Gasteiger charge is 2.29. The second-order valence-corrected chi connectivity index (χ2v) is 4.10. The minimum absolute atomic E-state index is 0.173. The molecule has 2 fully saturated rings. The summed E-state index contributed by atoms with van der Waals surface area (Å²) in [4.78, 5) is 0. The number of halogens is 2. The first-order valence-corrected chi connectivity index (χ1v) is 6.76. The largest absolute Gasteiger partial charge is 0.460 e. The molecule has 2 aliphatic heterocycles. The Hall–Kier alpha value is 0.1000. The highest BCUT2D eigenvalue weighted by atomic mass is 127. The van der Waals surface area contributed by atoms with Crippen LogP contribution in [0.3, 0.4) is 0 Å². The van der Waals surface area contributed by atoms with E-state index in [0.29, 0.717) is 25.1 Å². The van der Waals surface area contributed by atoms with Crippen LogP contribution < -0.4 is 5.32 Å². The maximum atomic E-state index is 5.40. The smallest absolute Gasteiger partial charge is 0.287 e. The van der Waals surface area contributed by atoms with E-state index in [9.17, 15) is 0 Å². The maximum absolute atomic E-state index is 5.40. The van der Waals surface area contributed by atoms with Gasteiger partial charge in [-0.1, -0.05) is 0 Å². The van der Waals surface area contributed by atoms with Crippen LogP contribution in [0.25, 0.3) is 0 Å². The Morgan fingerprint density at radius 1 is 1.00 bits per heavy atom. The first-order valence-electron chi connectivity index (χ1n) is 4.27. The third-order valence-electron chi connectivity index (χ3n) is 1.82. The van der Waals surface area contributed by atoms with Crippen molar-refractivity contribution >= 4 is 45.2 Å². The van der Waals surface area contributed by atoms with Crippen molar-refractivity contribution in [3.63, 3.8) is 0 Å². The molecule has 15 heavy (non-hydrogen) atoms. The van der Waals surface area contributed by atoms with Crippen LogP contribution in [-0.2, 0) is 18.9 Å². The molecule has 0 aromatic carbocycles. The van der Waals surface area contributed by atoms with Crippen molar-refractivity contribution in [2.75, 3.05) is 13.2 Å². The van der Waals surface area contributed by atoms with Crippen molar-refractivity contribution < 1.29 is 18.9 Å². The predicted octanol–water partition coefficient (Wildman–Crippen LogP) is 1.79. The van der Waals surface area contributed by atoms with Crippen LogP contribution in [-0.4, -0.2) is 25.7 Å². The summed E-state index contributed by atoms with van der Waals surface area (Å²) in [5.74, 6) is 1.08. The molecule has 0 aromatic heterocycles. The van der Waals surface area contributed by atoms with Gasteiger partial charge in [-0.25, -0.2) is 5.32 Å². The summed E-state index contributed by atoms with van der Waals surface area (Å²) in [5.41, 5.74) is 0. The van der Waals surface area contributed by atoms with Gasteiger partial charge in [0.25, 0.3) is 11.9 Å². The minimum Gasteiger partial charge on any atom is -0.460 e. The second-order valence-electron chi connectivity index (χ2n) is 2.86. The Morgan fingerprint density at radius 3 is 1.80 bits per heavy atom. The molecule has 0 amide bonds. The lowest BCUT2D eigenvalue weighted by Gasteiger charge is -2.13. The first kappa shape index (κ1) is 11.6. The fourth-order valence-corrected chi connectivity index (χ4v) is 1.87. The van der Waals surface area contributed by atoms with Gasteiger partial charge in [-0.3, -0.25) is 0 Å². The zero-order chi connectivity index (χ0) is 10.7. The topological polar surface area (TPSA) is 49.0 Å². The van der Waals surface area contributed by atoms with Crippen LogP contribution in [0.4, 0.5) is 0 Å². The molecule has 0 radical (unpaired) electrons. The molecule has 0 aliphatic carbocycles. The third-order valence-corrected chi connectivity index (χ3v) is 2.84. The molecule has 7 heteroatoms. The van der Waals surface area contributed by atoms with E-state index >= 15 is 0 Å². The Bertz CT molecular complexity index is 266. The maximum Gasteiger partial charge on any atom is 0.287 e. The first-order chi connectivity index (χ1) is 7.31. The van der Waals surface area contributed by atoms with Crippen LogP contribution in [0.15, 0.2) is 20.1 Å². The van der Waals surface area contributed by atoms with Gasteiger partial charge in [0.15, 0.2) is 12.5 Å². The van der Waals surface area contributed by atoms with Crippen LogP contribution in [0.1, 0.15) is 0 Å². The fourth-order valence-electron chi connectivity index (χ4n) is 1.22. The lowest BCUT2D eigenvalue weighted by molar-refractivity contribution is 0.0509. The molecule has 2 atom stereocenters. The van der Waals surface area contributed by atoms with E-state index in [0.717, 1.165) is 0 Å². The van der Waals surface area contributed by atoms with Crippen LogP contribution in [0, 0.1) is 0 Å². The monoisotopic (exact) mass is 437 g/mol. The summed E-state index contributed by atoms with van der Waals surface area (Å²) in [6.45, 7) is 0.968. The van der Waals surface area contributed by atoms with E-state index < -0.39 is 0 Å². The van der Waals surface area contributed by atoms with Gasteiger partial charge in [0.2, 0.25) is 0 Å². The summed E-state index contributed by atoms with van der Waals surface area (Å²) in [7, 11) is 0. The number of rotatable bonds is 2. The Morgan fingerprint density at radius 2 is 1.47 bits per heavy atom. The van der Waals surface area contributed by atoms with E-state index in [4.69, 9.17) is 18.9 Å². The normalized spacial score (nSPS) is 34.8. The zero-order valence-corrected chi connectivity index (χ0v) is 11.9. The molecule has 0 spiro atoms. The van der Waals surface area contributed by atoms with Crippen molar-refractivity contribution in [1.29, 1.82) is 0 Å². The van der Waals surface area contributed by atoms with Gasteiger partial charge in [-0.05, 0) is 45.2 Å². The molecular formula is C8H9I2NO4. The SMILES string of the molecule is I/C=C1/OCC(NC2CO/C(=C\I)O2)O1. The Kier molecular flexibility index (Phi) is 4.20. The highest BCUT2D eigenvalue weighted by Crippen LogP contribution is 2.19. The third kappa shape index (κ3) is 3.03. The number of ether oxygens (including phenoxy) is 4. The number of nitrogens with one attached hydrogen (secondary N) is 1. The van der Waals surface area contributed by atoms with Gasteiger partial charge >= 0.3 is 0 Å². The molecule has 0 bridgehead atoms. The van der Waals surface area contributed by atoms with Crippen LogP contribution in [0.5, 0.6) is 0 Å². The molecule has 0 aromatic rings. The average Bonchev–Trinajstić information content (AvgIpc) is 2.87. The number of hydrogen-bond donors (Lipinski definition) is 1. The molecule has 1 N–H and O–H groups in total. The van der Waals surface area contributed by atoms with Crippen molar-refractivity contribution in [3.05, 3.63) is 20.1 Å². The molecule has 2 heterocycles. The minimum atomic E-state index is -0.173. The lowest BCUT2D eigenvalue weighted by atomic mass is 10.5. The van der Waals surface area contributed by atoms with E-state index in [2.05, 4.69) is 50.5 Å². The predicted molar refractivity (Wildman–Crippen MR) is 69.0 cm³/mol. The van der Waals surface area contributed by atoms with Crippen molar-refractivity contribution in [1.82, 2.24) is 5.32 Å². The molecule has 2 aliphatic rings. The average molecular weight is 437 g/mol. The van der Waals surface area contributed by atoms with Gasteiger partial charge in [-0.2, -0.15) is 0 Å². The molecule has 84 valence electrons. The van der Waals surface area contributed by atoms with Crippen molar-refractivity contribution in [2.24, 2.45) is 0 Å². The molecule has 2 unspecified atom stereocenters. The van der Waals surface area contributed by atoms with E-state index in [1.807, 2.05) is 0 Å². The van der Waals surface area contributed by atoms with Gasteiger partial charge in [0.05, 0.1) is 8.17 Å². The van der Waals surface area contributed by atoms with Crippen molar-refractivity contribution in [3.8, 4) is 0 Å². The highest BCUT2D eigenvalue weighted by molar-refractivity contribution is 14.1. The Labute approximate surface area is 114 Å². The van der Waals surface area contributed by atoms with E-state index in [1.165, 1.54) is 0 Å². The van der Waals surface area contributed by atoms with Crippen LogP contribution >= 0.6 is 45.2 Å². The molecular weight excluding hydrogens is 428 g/mol. The second kappa shape index (κ2) is 5.43. The van der Waals surface area contributed by atoms with Gasteiger partial charge < -0.3 is 18.9 Å². The quantitative estimate of drug-likeness (QED) is 0.669. The summed E-state index contributed by atoms with van der Waals surface area (Å²) < 4.78 is 24.8. The lowest BCUT2D eigenvalue weighted by Crippen LogP contribution is -2.40. The van der Waals surface area contributed by atoms with Crippen molar-refractivity contribution in [2.45, 2.75) is 12.5 Å². The summed E-state index contributed by atoms with van der Waals surface area (Å²) in [6, 6.07) is 0. The van der Waals surface area contributed by atoms with Crippen LogP contribution in [0.2, 0.25) is 0 Å². The van der Waals surface area contributed by atoms with E-state index in [-0.39, 0.29) is 12.5 Å². The summed E-state index contributed by atoms with van der Waals surface area (Å²) in [5, 5.41) is 3.12. The van der Waals surface area contributed by atoms with Gasteiger partial charge in [0.1, 0.15) is 13.2 Å². The van der Waals surface area contributed by atoms with Gasteiger partial charge in [0, 0.05) is 0 Å². The van der Waals surface area contributed by atoms with E-state index in [1.54, 1.807) is 8.17 Å². The number of hydrogen-bond acceptors (Lipinski definition) is 5. The zero-order valence-electron chi connectivity index (χ0n) is 7.61. The Balaban J connectivity index is 1.79. The molecule has 2 rings (SSSR count).